The van der Waals surface area contributed by atoms with Crippen LogP contribution in [0.2, 0.25) is 0 Å². The first-order valence-electron chi connectivity index (χ1n) is 4.12. The zero-order valence-electron chi connectivity index (χ0n) is 7.88. The van der Waals surface area contributed by atoms with Crippen molar-refractivity contribution in [3.63, 3.8) is 0 Å². The molecule has 0 radical (unpaired) electrons. The van der Waals surface area contributed by atoms with Crippen LogP contribution in [0.5, 0.6) is 5.75 Å². The molecular weight excluding hydrogens is 190 g/mol. The SMILES string of the molecule is CC(=O)C(C)Oc1cc(F)cc(F)c1. The highest BCUT2D eigenvalue weighted by atomic mass is 19.1. The summed E-state index contributed by atoms with van der Waals surface area (Å²) in [4.78, 5) is 10.8. The highest BCUT2D eigenvalue weighted by molar-refractivity contribution is 5.80. The van der Waals surface area contributed by atoms with Crippen LogP contribution in [0.3, 0.4) is 0 Å². The van der Waals surface area contributed by atoms with Gasteiger partial charge in [0, 0.05) is 18.2 Å². The summed E-state index contributed by atoms with van der Waals surface area (Å²) in [5.41, 5.74) is 0. The fourth-order valence-corrected chi connectivity index (χ4v) is 0.884. The van der Waals surface area contributed by atoms with Crippen molar-refractivity contribution in [3.8, 4) is 5.75 Å². The Morgan fingerprint density at radius 2 is 1.79 bits per heavy atom. The van der Waals surface area contributed by atoms with Crippen LogP contribution in [0, 0.1) is 11.6 Å². The molecule has 1 aromatic rings. The van der Waals surface area contributed by atoms with E-state index in [1.165, 1.54) is 13.8 Å². The Hall–Kier alpha value is -1.45. The zero-order valence-corrected chi connectivity index (χ0v) is 7.88. The summed E-state index contributed by atoms with van der Waals surface area (Å²) in [6.45, 7) is 2.87. The molecule has 0 bridgehead atoms. The number of ether oxygens (including phenoxy) is 1. The van der Waals surface area contributed by atoms with Crippen molar-refractivity contribution in [3.05, 3.63) is 29.8 Å². The Labute approximate surface area is 80.5 Å². The minimum Gasteiger partial charge on any atom is -0.483 e. The van der Waals surface area contributed by atoms with Crippen molar-refractivity contribution in [2.75, 3.05) is 0 Å². The molecule has 0 aromatic heterocycles. The predicted octanol–water partition coefficient (Wildman–Crippen LogP) is 2.32. The number of hydrogen-bond acceptors (Lipinski definition) is 2. The molecule has 0 N–H and O–H groups in total. The first-order valence-corrected chi connectivity index (χ1v) is 4.12. The molecule has 0 spiro atoms. The molecule has 1 atom stereocenters. The lowest BCUT2D eigenvalue weighted by Crippen LogP contribution is -2.20. The Morgan fingerprint density at radius 1 is 1.29 bits per heavy atom. The van der Waals surface area contributed by atoms with Crippen LogP contribution in [0.15, 0.2) is 18.2 Å². The molecule has 0 aliphatic carbocycles. The molecule has 0 aliphatic heterocycles. The molecule has 1 unspecified atom stereocenters. The van der Waals surface area contributed by atoms with Crippen molar-refractivity contribution in [1.29, 1.82) is 0 Å². The van der Waals surface area contributed by atoms with Crippen LogP contribution in [-0.4, -0.2) is 11.9 Å². The number of rotatable bonds is 3. The third-order valence-corrected chi connectivity index (χ3v) is 1.72. The minimum atomic E-state index is -0.726. The van der Waals surface area contributed by atoms with Crippen LogP contribution < -0.4 is 4.74 Å². The first-order chi connectivity index (χ1) is 6.49. The van der Waals surface area contributed by atoms with Crippen LogP contribution in [0.25, 0.3) is 0 Å². The largest absolute Gasteiger partial charge is 0.483 e. The van der Waals surface area contributed by atoms with Gasteiger partial charge in [0.2, 0.25) is 0 Å². The van der Waals surface area contributed by atoms with E-state index in [4.69, 9.17) is 4.74 Å². The van der Waals surface area contributed by atoms with Crippen molar-refractivity contribution in [1.82, 2.24) is 0 Å². The van der Waals surface area contributed by atoms with Crippen LogP contribution in [0.4, 0.5) is 8.78 Å². The average molecular weight is 200 g/mol. The fraction of sp³-hybridized carbons (Fsp3) is 0.300. The van der Waals surface area contributed by atoms with Gasteiger partial charge >= 0.3 is 0 Å². The van der Waals surface area contributed by atoms with E-state index in [-0.39, 0.29) is 11.5 Å². The quantitative estimate of drug-likeness (QED) is 0.748. The standard InChI is InChI=1S/C10H10F2O2/c1-6(13)7(2)14-10-4-8(11)3-9(12)5-10/h3-5,7H,1-2H3. The second-order valence-corrected chi connectivity index (χ2v) is 2.98. The lowest BCUT2D eigenvalue weighted by atomic mass is 10.3. The van der Waals surface area contributed by atoms with Crippen molar-refractivity contribution >= 4 is 5.78 Å². The number of carbonyl (C=O) groups is 1. The lowest BCUT2D eigenvalue weighted by molar-refractivity contribution is -0.122. The number of benzene rings is 1. The third kappa shape index (κ3) is 2.80. The molecule has 0 aliphatic rings. The number of ketones is 1. The fourth-order valence-electron chi connectivity index (χ4n) is 0.884. The smallest absolute Gasteiger partial charge is 0.169 e. The normalized spacial score (nSPS) is 12.3. The molecule has 0 saturated heterocycles. The van der Waals surface area contributed by atoms with Gasteiger partial charge in [0.25, 0.3) is 0 Å². The summed E-state index contributed by atoms with van der Waals surface area (Å²) < 4.78 is 30.4. The Kier molecular flexibility index (Phi) is 3.17. The van der Waals surface area contributed by atoms with Gasteiger partial charge in [0.05, 0.1) is 0 Å². The van der Waals surface area contributed by atoms with Gasteiger partial charge in [-0.2, -0.15) is 0 Å². The summed E-state index contributed by atoms with van der Waals surface area (Å²) in [6, 6.07) is 2.80. The molecule has 4 heteroatoms. The number of Topliss-reactive ketones (excluding diaryl/α,β-unsaturated/α-hetero) is 1. The summed E-state index contributed by atoms with van der Waals surface area (Å²) in [5, 5.41) is 0. The lowest BCUT2D eigenvalue weighted by Gasteiger charge is -2.11. The molecule has 0 heterocycles. The highest BCUT2D eigenvalue weighted by Gasteiger charge is 2.10. The Balaban J connectivity index is 2.81. The Morgan fingerprint density at radius 3 is 2.21 bits per heavy atom. The van der Waals surface area contributed by atoms with E-state index in [9.17, 15) is 13.6 Å². The van der Waals surface area contributed by atoms with E-state index in [0.717, 1.165) is 18.2 Å². The molecular formula is C10H10F2O2. The second-order valence-electron chi connectivity index (χ2n) is 2.98. The van der Waals surface area contributed by atoms with E-state index in [1.54, 1.807) is 0 Å². The maximum atomic E-state index is 12.7. The molecule has 2 nitrogen and oxygen atoms in total. The molecule has 76 valence electrons. The van der Waals surface area contributed by atoms with Gasteiger partial charge in [-0.15, -0.1) is 0 Å². The zero-order chi connectivity index (χ0) is 10.7. The van der Waals surface area contributed by atoms with Gasteiger partial charge < -0.3 is 4.74 Å². The van der Waals surface area contributed by atoms with Crippen LogP contribution in [0.1, 0.15) is 13.8 Å². The van der Waals surface area contributed by atoms with E-state index < -0.39 is 17.7 Å². The highest BCUT2D eigenvalue weighted by Crippen LogP contribution is 2.16. The summed E-state index contributed by atoms with van der Waals surface area (Å²) in [5.74, 6) is -1.63. The molecule has 1 rings (SSSR count). The maximum Gasteiger partial charge on any atom is 0.169 e. The molecule has 0 amide bonds. The second kappa shape index (κ2) is 4.17. The topological polar surface area (TPSA) is 26.3 Å². The molecule has 1 aromatic carbocycles. The predicted molar refractivity (Wildman–Crippen MR) is 47.1 cm³/mol. The Bertz CT molecular complexity index is 330. The number of carbonyl (C=O) groups excluding carboxylic acids is 1. The van der Waals surface area contributed by atoms with E-state index in [0.29, 0.717) is 0 Å². The molecule has 0 saturated carbocycles. The summed E-state index contributed by atoms with van der Waals surface area (Å²) >= 11 is 0. The van der Waals surface area contributed by atoms with Crippen molar-refractivity contribution < 1.29 is 18.3 Å². The van der Waals surface area contributed by atoms with E-state index in [2.05, 4.69) is 0 Å². The summed E-state index contributed by atoms with van der Waals surface area (Å²) in [6.07, 6.45) is -0.698. The van der Waals surface area contributed by atoms with Crippen molar-refractivity contribution in [2.45, 2.75) is 20.0 Å². The van der Waals surface area contributed by atoms with Crippen LogP contribution >= 0.6 is 0 Å². The monoisotopic (exact) mass is 200 g/mol. The van der Waals surface area contributed by atoms with Gasteiger partial charge in [0.15, 0.2) is 11.9 Å². The van der Waals surface area contributed by atoms with Crippen molar-refractivity contribution in [2.24, 2.45) is 0 Å². The molecule has 14 heavy (non-hydrogen) atoms. The van der Waals surface area contributed by atoms with Gasteiger partial charge in [-0.25, -0.2) is 8.78 Å². The van der Waals surface area contributed by atoms with Gasteiger partial charge in [-0.05, 0) is 13.8 Å². The number of halogens is 2. The van der Waals surface area contributed by atoms with E-state index in [1.807, 2.05) is 0 Å². The molecule has 0 fully saturated rings. The minimum absolute atomic E-state index is 0.0187. The van der Waals surface area contributed by atoms with Gasteiger partial charge in [-0.1, -0.05) is 0 Å². The van der Waals surface area contributed by atoms with E-state index >= 15 is 0 Å². The third-order valence-electron chi connectivity index (χ3n) is 1.72. The van der Waals surface area contributed by atoms with Gasteiger partial charge in [0.1, 0.15) is 17.4 Å². The average Bonchev–Trinajstić information content (AvgIpc) is 2.01. The van der Waals surface area contributed by atoms with Gasteiger partial charge in [-0.3, -0.25) is 4.79 Å². The number of hydrogen-bond donors (Lipinski definition) is 0. The first kappa shape index (κ1) is 10.6. The summed E-state index contributed by atoms with van der Waals surface area (Å²) in [7, 11) is 0. The van der Waals surface area contributed by atoms with Crippen LogP contribution in [-0.2, 0) is 4.79 Å². The maximum absolute atomic E-state index is 12.7.